The number of anilines is 3. The molecule has 1 aliphatic rings. The van der Waals surface area contributed by atoms with E-state index in [2.05, 4.69) is 42.5 Å². The molecular weight excluding hydrogens is 404 g/mol. The third-order valence-electron chi connectivity index (χ3n) is 5.42. The van der Waals surface area contributed by atoms with E-state index >= 15 is 0 Å². The number of aromatic nitrogens is 2. The fourth-order valence-corrected chi connectivity index (χ4v) is 3.72. The first kappa shape index (κ1) is 21.6. The highest BCUT2D eigenvalue weighted by Crippen LogP contribution is 2.18. The van der Waals surface area contributed by atoms with Crippen molar-refractivity contribution in [3.05, 3.63) is 72.7 Å². The van der Waals surface area contributed by atoms with E-state index in [0.717, 1.165) is 50.7 Å². The molecular formula is C24H28N6O2. The van der Waals surface area contributed by atoms with Crippen molar-refractivity contribution < 1.29 is 9.53 Å². The van der Waals surface area contributed by atoms with E-state index in [0.29, 0.717) is 11.4 Å². The zero-order valence-electron chi connectivity index (χ0n) is 18.2. The van der Waals surface area contributed by atoms with E-state index in [1.165, 1.54) is 5.56 Å². The summed E-state index contributed by atoms with van der Waals surface area (Å²) in [5.41, 5.74) is 2.62. The lowest BCUT2D eigenvalue weighted by atomic mass is 10.2. The number of hydrogen-bond acceptors (Lipinski definition) is 6. The highest BCUT2D eigenvalue weighted by atomic mass is 16.5. The molecule has 2 amide bonds. The molecule has 0 spiro atoms. The first-order chi connectivity index (χ1) is 15.7. The molecule has 1 aromatic carbocycles. The zero-order chi connectivity index (χ0) is 22.2. The van der Waals surface area contributed by atoms with Gasteiger partial charge in [-0.2, -0.15) is 0 Å². The van der Waals surface area contributed by atoms with Crippen molar-refractivity contribution in [1.29, 1.82) is 0 Å². The Morgan fingerprint density at radius 1 is 0.938 bits per heavy atom. The lowest BCUT2D eigenvalue weighted by Gasteiger charge is -2.23. The molecule has 2 aromatic heterocycles. The van der Waals surface area contributed by atoms with Crippen molar-refractivity contribution >= 4 is 23.2 Å². The van der Waals surface area contributed by atoms with Crippen molar-refractivity contribution in [3.63, 3.8) is 0 Å². The van der Waals surface area contributed by atoms with Crippen molar-refractivity contribution in [2.45, 2.75) is 13.0 Å². The molecule has 0 saturated carbocycles. The Kier molecular flexibility index (Phi) is 7.14. The standard InChI is InChI=1S/C24H28N6O2/c1-32-22-6-3-20(4-7-22)27-24(31)28-21-5-8-23(26-17-21)30-14-2-13-29(15-16-30)18-19-9-11-25-12-10-19/h3-12,17H,2,13-16,18H2,1H3,(H2,27,28,31). The Bertz CT molecular complexity index is 995. The van der Waals surface area contributed by atoms with Gasteiger partial charge in [-0.25, -0.2) is 9.78 Å². The van der Waals surface area contributed by atoms with Gasteiger partial charge in [0, 0.05) is 50.8 Å². The summed E-state index contributed by atoms with van der Waals surface area (Å²) in [5, 5.41) is 5.62. The van der Waals surface area contributed by atoms with Gasteiger partial charge in [0.05, 0.1) is 19.0 Å². The molecule has 3 aromatic rings. The van der Waals surface area contributed by atoms with Crippen LogP contribution in [-0.4, -0.2) is 54.2 Å². The molecule has 1 fully saturated rings. The SMILES string of the molecule is COc1ccc(NC(=O)Nc2ccc(N3CCCN(Cc4ccncc4)CC3)nc2)cc1. The van der Waals surface area contributed by atoms with Crippen LogP contribution in [0.25, 0.3) is 0 Å². The third kappa shape index (κ3) is 5.95. The van der Waals surface area contributed by atoms with Crippen molar-refractivity contribution in [2.75, 3.05) is 48.8 Å². The minimum absolute atomic E-state index is 0.314. The van der Waals surface area contributed by atoms with Crippen LogP contribution in [-0.2, 0) is 6.54 Å². The van der Waals surface area contributed by atoms with Gasteiger partial charge in [-0.15, -0.1) is 0 Å². The number of urea groups is 1. The van der Waals surface area contributed by atoms with E-state index in [9.17, 15) is 4.79 Å². The summed E-state index contributed by atoms with van der Waals surface area (Å²) in [6, 6.07) is 14.8. The zero-order valence-corrected chi connectivity index (χ0v) is 18.2. The van der Waals surface area contributed by atoms with Gasteiger partial charge in [0.2, 0.25) is 0 Å². The van der Waals surface area contributed by atoms with E-state index in [1.807, 2.05) is 24.5 Å². The number of carbonyl (C=O) groups is 1. The minimum Gasteiger partial charge on any atom is -0.497 e. The molecule has 0 unspecified atom stereocenters. The summed E-state index contributed by atoms with van der Waals surface area (Å²) in [6.07, 6.45) is 6.46. The Morgan fingerprint density at radius 2 is 1.69 bits per heavy atom. The normalized spacial score (nSPS) is 14.5. The Morgan fingerprint density at radius 3 is 2.41 bits per heavy atom. The summed E-state index contributed by atoms with van der Waals surface area (Å²) in [6.45, 7) is 4.86. The second-order valence-electron chi connectivity index (χ2n) is 7.68. The number of nitrogens with zero attached hydrogens (tertiary/aromatic N) is 4. The van der Waals surface area contributed by atoms with Gasteiger partial charge in [-0.3, -0.25) is 9.88 Å². The van der Waals surface area contributed by atoms with Gasteiger partial charge in [-0.1, -0.05) is 0 Å². The molecule has 0 bridgehead atoms. The predicted molar refractivity (Wildman–Crippen MR) is 126 cm³/mol. The van der Waals surface area contributed by atoms with E-state index < -0.39 is 0 Å². The molecule has 8 heteroatoms. The summed E-state index contributed by atoms with van der Waals surface area (Å²) < 4.78 is 5.13. The maximum atomic E-state index is 12.3. The third-order valence-corrected chi connectivity index (χ3v) is 5.42. The lowest BCUT2D eigenvalue weighted by Crippen LogP contribution is -2.31. The highest BCUT2D eigenvalue weighted by molar-refractivity contribution is 5.99. The van der Waals surface area contributed by atoms with E-state index in [4.69, 9.17) is 4.74 Å². The highest BCUT2D eigenvalue weighted by Gasteiger charge is 2.16. The Balaban J connectivity index is 1.28. The monoisotopic (exact) mass is 432 g/mol. The number of pyridine rings is 2. The predicted octanol–water partition coefficient (Wildman–Crippen LogP) is 3.84. The molecule has 4 rings (SSSR count). The fourth-order valence-electron chi connectivity index (χ4n) is 3.72. The number of carbonyl (C=O) groups excluding carboxylic acids is 1. The molecule has 0 atom stereocenters. The molecule has 8 nitrogen and oxygen atoms in total. The summed E-state index contributed by atoms with van der Waals surface area (Å²) in [7, 11) is 1.61. The quantitative estimate of drug-likeness (QED) is 0.616. The molecule has 166 valence electrons. The number of benzene rings is 1. The smallest absolute Gasteiger partial charge is 0.323 e. The van der Waals surface area contributed by atoms with Crippen LogP contribution in [0.2, 0.25) is 0 Å². The summed E-state index contributed by atoms with van der Waals surface area (Å²) in [5.74, 6) is 1.67. The molecule has 1 aliphatic heterocycles. The first-order valence-corrected chi connectivity index (χ1v) is 10.7. The second-order valence-corrected chi connectivity index (χ2v) is 7.68. The lowest BCUT2D eigenvalue weighted by molar-refractivity contribution is 0.262. The van der Waals surface area contributed by atoms with Crippen LogP contribution >= 0.6 is 0 Å². The van der Waals surface area contributed by atoms with Crippen LogP contribution in [0.1, 0.15) is 12.0 Å². The van der Waals surface area contributed by atoms with Crippen LogP contribution in [0, 0.1) is 0 Å². The van der Waals surface area contributed by atoms with Gasteiger partial charge in [0.25, 0.3) is 0 Å². The number of amides is 2. The molecule has 0 aliphatic carbocycles. The molecule has 1 saturated heterocycles. The van der Waals surface area contributed by atoms with Gasteiger partial charge in [-0.05, 0) is 60.5 Å². The second kappa shape index (κ2) is 10.6. The van der Waals surface area contributed by atoms with Crippen LogP contribution in [0.5, 0.6) is 5.75 Å². The largest absolute Gasteiger partial charge is 0.497 e. The Labute approximate surface area is 188 Å². The number of rotatable bonds is 6. The average Bonchev–Trinajstić information content (AvgIpc) is 3.06. The van der Waals surface area contributed by atoms with Gasteiger partial charge in [0.1, 0.15) is 11.6 Å². The van der Waals surface area contributed by atoms with E-state index in [1.54, 1.807) is 37.6 Å². The molecule has 2 N–H and O–H groups in total. The number of methoxy groups -OCH3 is 1. The number of hydrogen-bond donors (Lipinski definition) is 2. The summed E-state index contributed by atoms with van der Waals surface area (Å²) in [4.78, 5) is 25.7. The maximum absolute atomic E-state index is 12.3. The van der Waals surface area contributed by atoms with Gasteiger partial charge < -0.3 is 20.3 Å². The topological polar surface area (TPSA) is 82.6 Å². The van der Waals surface area contributed by atoms with Gasteiger partial charge in [0.15, 0.2) is 0 Å². The molecule has 3 heterocycles. The van der Waals surface area contributed by atoms with Crippen molar-refractivity contribution in [2.24, 2.45) is 0 Å². The Hall–Kier alpha value is -3.65. The van der Waals surface area contributed by atoms with Crippen molar-refractivity contribution in [1.82, 2.24) is 14.9 Å². The van der Waals surface area contributed by atoms with Crippen LogP contribution in [0.3, 0.4) is 0 Å². The summed E-state index contributed by atoms with van der Waals surface area (Å²) >= 11 is 0. The van der Waals surface area contributed by atoms with Crippen LogP contribution in [0.4, 0.5) is 22.0 Å². The van der Waals surface area contributed by atoms with E-state index in [-0.39, 0.29) is 6.03 Å². The van der Waals surface area contributed by atoms with Crippen LogP contribution < -0.4 is 20.3 Å². The van der Waals surface area contributed by atoms with Crippen molar-refractivity contribution in [3.8, 4) is 5.75 Å². The minimum atomic E-state index is -0.314. The number of nitrogens with one attached hydrogen (secondary N) is 2. The molecule has 32 heavy (non-hydrogen) atoms. The molecule has 0 radical (unpaired) electrons. The first-order valence-electron chi connectivity index (χ1n) is 10.7. The maximum Gasteiger partial charge on any atom is 0.323 e. The number of ether oxygens (including phenoxy) is 1. The fraction of sp³-hybridized carbons (Fsp3) is 0.292. The van der Waals surface area contributed by atoms with Crippen LogP contribution in [0.15, 0.2) is 67.1 Å². The van der Waals surface area contributed by atoms with Gasteiger partial charge >= 0.3 is 6.03 Å². The average molecular weight is 433 g/mol.